The van der Waals surface area contributed by atoms with Crippen molar-refractivity contribution in [3.05, 3.63) is 128 Å². The van der Waals surface area contributed by atoms with Crippen LogP contribution in [0, 0.1) is 0 Å². The summed E-state index contributed by atoms with van der Waals surface area (Å²) in [6, 6.07) is 15.3. The first-order valence-electron chi connectivity index (χ1n) is 16.9. The number of hydrogen-bond acceptors (Lipinski definition) is 7. The number of aliphatic hydroxyl groups is 1. The maximum absolute atomic E-state index is 14.3. The molecule has 0 saturated heterocycles. The zero-order valence-electron chi connectivity index (χ0n) is 29.0. The second-order valence-electron chi connectivity index (χ2n) is 13.0. The van der Waals surface area contributed by atoms with Gasteiger partial charge in [0, 0.05) is 52.5 Å². The first-order valence-corrected chi connectivity index (χ1v) is 17.7. The van der Waals surface area contributed by atoms with Crippen LogP contribution in [0.4, 0.5) is 26.3 Å². The molecule has 0 fully saturated rings. The number of imidazole rings is 1. The summed E-state index contributed by atoms with van der Waals surface area (Å²) < 4.78 is 83.8. The summed E-state index contributed by atoms with van der Waals surface area (Å²) >= 11 is 2.89. The lowest BCUT2D eigenvalue weighted by molar-refractivity contribution is -0.207. The fraction of sp³-hybridized carbons (Fsp3) is 0.243. The second-order valence-corrected chi connectivity index (χ2v) is 13.9. The van der Waals surface area contributed by atoms with Gasteiger partial charge in [0.05, 0.1) is 41.7 Å². The van der Waals surface area contributed by atoms with Gasteiger partial charge in [-0.25, -0.2) is 14.8 Å². The molecule has 2 N–H and O–H groups in total. The van der Waals surface area contributed by atoms with Gasteiger partial charge in [-0.05, 0) is 55.0 Å². The number of amides is 2. The first-order chi connectivity index (χ1) is 26.5. The van der Waals surface area contributed by atoms with Crippen LogP contribution in [-0.4, -0.2) is 69.0 Å². The van der Waals surface area contributed by atoms with Crippen LogP contribution in [0.3, 0.4) is 0 Å². The lowest BCUT2D eigenvalue weighted by Gasteiger charge is -2.34. The Labute approximate surface area is 321 Å². The molecule has 6 aromatic rings. The third-order valence-corrected chi connectivity index (χ3v) is 10.1. The van der Waals surface area contributed by atoms with Crippen molar-refractivity contribution in [3.8, 4) is 17.1 Å². The SMILES string of the molecule is C[C@H]1Cn2c(c(C(=O)NCc3ccccc3-c3ncccn3)n(-c3ccc4c(cnn4C[C@H](O)C(F)(F)F)c3)c2=O)CN1C(=O)c1ccc(Br)c(C(F)(F)F)c1. The van der Waals surface area contributed by atoms with E-state index >= 15 is 0 Å². The predicted molar refractivity (Wildman–Crippen MR) is 192 cm³/mol. The molecule has 0 saturated carbocycles. The lowest BCUT2D eigenvalue weighted by Crippen LogP contribution is -2.47. The monoisotopic (exact) mass is 842 g/mol. The topological polar surface area (TPSA) is 140 Å². The Morgan fingerprint density at radius 3 is 2.45 bits per heavy atom. The van der Waals surface area contributed by atoms with Gasteiger partial charge in [0.25, 0.3) is 11.8 Å². The maximum atomic E-state index is 14.3. The molecule has 3 aromatic heterocycles. The number of fused-ring (bicyclic) bond motifs is 2. The Morgan fingerprint density at radius 2 is 1.73 bits per heavy atom. The quantitative estimate of drug-likeness (QED) is 0.176. The molecule has 56 heavy (non-hydrogen) atoms. The number of rotatable bonds is 8. The van der Waals surface area contributed by atoms with Gasteiger partial charge in [0.15, 0.2) is 11.9 Å². The number of aromatic nitrogens is 6. The van der Waals surface area contributed by atoms with E-state index in [1.807, 2.05) is 0 Å². The van der Waals surface area contributed by atoms with Crippen LogP contribution in [-0.2, 0) is 32.4 Å². The number of carbonyl (C=O) groups is 2. The highest BCUT2D eigenvalue weighted by molar-refractivity contribution is 9.10. The molecule has 1 aliphatic rings. The molecule has 0 aliphatic carbocycles. The fourth-order valence-electron chi connectivity index (χ4n) is 6.62. The van der Waals surface area contributed by atoms with Crippen LogP contribution in [0.5, 0.6) is 0 Å². The van der Waals surface area contributed by atoms with Crippen LogP contribution >= 0.6 is 15.9 Å². The van der Waals surface area contributed by atoms with Gasteiger partial charge in [-0.15, -0.1) is 0 Å². The minimum Gasteiger partial charge on any atom is -0.382 e. The fourth-order valence-corrected chi connectivity index (χ4v) is 7.09. The van der Waals surface area contributed by atoms with Crippen molar-refractivity contribution in [2.75, 3.05) is 0 Å². The van der Waals surface area contributed by atoms with E-state index in [1.165, 1.54) is 39.9 Å². The molecule has 7 rings (SSSR count). The summed E-state index contributed by atoms with van der Waals surface area (Å²) in [6.07, 6.45) is -7.96. The van der Waals surface area contributed by atoms with Crippen LogP contribution in [0.25, 0.3) is 28.0 Å². The lowest BCUT2D eigenvalue weighted by atomic mass is 10.1. The van der Waals surface area contributed by atoms with Crippen molar-refractivity contribution < 1.29 is 41.0 Å². The zero-order valence-corrected chi connectivity index (χ0v) is 30.6. The molecule has 0 unspecified atom stereocenters. The van der Waals surface area contributed by atoms with E-state index in [4.69, 9.17) is 0 Å². The van der Waals surface area contributed by atoms with Gasteiger partial charge < -0.3 is 15.3 Å². The average molecular weight is 844 g/mol. The molecule has 1 aliphatic heterocycles. The molecular formula is C37H29BrF6N8O4. The van der Waals surface area contributed by atoms with Crippen molar-refractivity contribution in [1.82, 2.24) is 39.1 Å². The number of carbonyl (C=O) groups excluding carboxylic acids is 2. The number of alkyl halides is 6. The van der Waals surface area contributed by atoms with Gasteiger partial charge in [-0.1, -0.05) is 40.2 Å². The highest BCUT2D eigenvalue weighted by atomic mass is 79.9. The second kappa shape index (κ2) is 14.7. The van der Waals surface area contributed by atoms with Gasteiger partial charge in [-0.3, -0.25) is 23.4 Å². The van der Waals surface area contributed by atoms with Gasteiger partial charge in [0.1, 0.15) is 5.69 Å². The number of aliphatic hydroxyl groups excluding tert-OH is 1. The van der Waals surface area contributed by atoms with Crippen molar-refractivity contribution in [3.63, 3.8) is 0 Å². The normalized spacial score (nSPS) is 15.2. The molecule has 0 radical (unpaired) electrons. The van der Waals surface area contributed by atoms with Gasteiger partial charge in [0.2, 0.25) is 0 Å². The molecule has 0 spiro atoms. The molecule has 3 aromatic carbocycles. The van der Waals surface area contributed by atoms with E-state index in [0.29, 0.717) is 17.0 Å². The van der Waals surface area contributed by atoms with E-state index < -0.39 is 54.1 Å². The molecule has 2 amide bonds. The van der Waals surface area contributed by atoms with Crippen molar-refractivity contribution >= 4 is 38.6 Å². The van der Waals surface area contributed by atoms with E-state index in [0.717, 1.165) is 21.4 Å². The Morgan fingerprint density at radius 1 is 1.00 bits per heavy atom. The molecule has 19 heteroatoms. The molecule has 12 nitrogen and oxygen atoms in total. The summed E-state index contributed by atoms with van der Waals surface area (Å²) in [5.74, 6) is -1.11. The third-order valence-electron chi connectivity index (χ3n) is 9.41. The van der Waals surface area contributed by atoms with Crippen LogP contribution in [0.2, 0.25) is 0 Å². The Kier molecular flexibility index (Phi) is 10.1. The highest BCUT2D eigenvalue weighted by Crippen LogP contribution is 2.36. The number of benzene rings is 3. The van der Waals surface area contributed by atoms with Crippen LogP contribution < -0.4 is 11.0 Å². The largest absolute Gasteiger partial charge is 0.417 e. The summed E-state index contributed by atoms with van der Waals surface area (Å²) in [5, 5.41) is 16.7. The first kappa shape index (κ1) is 38.5. The molecular weight excluding hydrogens is 814 g/mol. The summed E-state index contributed by atoms with van der Waals surface area (Å²) in [6.45, 7) is 0.205. The van der Waals surface area contributed by atoms with Crippen LogP contribution in [0.15, 0.2) is 94.6 Å². The van der Waals surface area contributed by atoms with E-state index in [9.17, 15) is 45.8 Å². The van der Waals surface area contributed by atoms with E-state index in [-0.39, 0.29) is 57.6 Å². The van der Waals surface area contributed by atoms with Gasteiger partial charge in [-0.2, -0.15) is 31.4 Å². The molecule has 4 heterocycles. The summed E-state index contributed by atoms with van der Waals surface area (Å²) in [5.41, 5.74) is -0.476. The molecule has 290 valence electrons. The third kappa shape index (κ3) is 7.30. The Bertz CT molecular complexity index is 2530. The van der Waals surface area contributed by atoms with Crippen molar-refractivity contribution in [2.45, 2.75) is 57.6 Å². The minimum atomic E-state index is -4.89. The number of nitrogens with zero attached hydrogens (tertiary/aromatic N) is 7. The number of hydrogen-bond donors (Lipinski definition) is 2. The molecule has 0 bridgehead atoms. The van der Waals surface area contributed by atoms with E-state index in [1.54, 1.807) is 49.6 Å². The van der Waals surface area contributed by atoms with Crippen molar-refractivity contribution in [2.24, 2.45) is 0 Å². The van der Waals surface area contributed by atoms with Crippen LogP contribution in [0.1, 0.15) is 44.6 Å². The standard InChI is InChI=1S/C37H29BrF6N8O4/c1-20-17-50-29(18-49(20)34(55)21-7-9-27(38)26(14-21)36(39,40)41)31(33(54)47-15-22-5-2-3-6-25(22)32-45-11-4-12-46-32)52(35(50)56)24-8-10-28-23(13-24)16-48-51(28)19-30(53)37(42,43)44/h2-14,16,20,30,53H,15,17-19H2,1H3,(H,47,54)/t20-,30-/m0/s1. The van der Waals surface area contributed by atoms with Crippen molar-refractivity contribution in [1.29, 1.82) is 0 Å². The summed E-state index contributed by atoms with van der Waals surface area (Å²) in [7, 11) is 0. The maximum Gasteiger partial charge on any atom is 0.417 e. The molecule has 2 atom stereocenters. The summed E-state index contributed by atoms with van der Waals surface area (Å²) in [4.78, 5) is 52.3. The zero-order chi connectivity index (χ0) is 40.1. The number of nitrogens with one attached hydrogen (secondary N) is 1. The number of halogens is 7. The predicted octanol–water partition coefficient (Wildman–Crippen LogP) is 6.12. The Hall–Kier alpha value is -5.82. The Balaban J connectivity index is 1.30. The minimum absolute atomic E-state index is 0.0580. The smallest absolute Gasteiger partial charge is 0.382 e. The highest BCUT2D eigenvalue weighted by Gasteiger charge is 2.40. The van der Waals surface area contributed by atoms with E-state index in [2.05, 4.69) is 36.3 Å². The van der Waals surface area contributed by atoms with Gasteiger partial charge >= 0.3 is 18.0 Å². The average Bonchev–Trinajstić information content (AvgIpc) is 3.69.